The summed E-state index contributed by atoms with van der Waals surface area (Å²) in [6, 6.07) is 10.1. The molecule has 3 rings (SSSR count). The van der Waals surface area contributed by atoms with Crippen LogP contribution in [0.5, 0.6) is 0 Å². The lowest BCUT2D eigenvalue weighted by molar-refractivity contribution is -0.129. The van der Waals surface area contributed by atoms with Crippen molar-refractivity contribution in [3.05, 3.63) is 36.5 Å². The Morgan fingerprint density at radius 2 is 2.00 bits per heavy atom. The van der Waals surface area contributed by atoms with Gasteiger partial charge in [0.15, 0.2) is 0 Å². The predicted octanol–water partition coefficient (Wildman–Crippen LogP) is 2.66. The normalized spacial score (nSPS) is 14.7. The van der Waals surface area contributed by atoms with Crippen LogP contribution >= 0.6 is 0 Å². The molecule has 0 unspecified atom stereocenters. The molecule has 1 fully saturated rings. The Morgan fingerprint density at radius 1 is 1.20 bits per heavy atom. The van der Waals surface area contributed by atoms with Gasteiger partial charge < -0.3 is 10.2 Å². The quantitative estimate of drug-likeness (QED) is 0.928. The summed E-state index contributed by atoms with van der Waals surface area (Å²) in [4.78, 5) is 18.3. The highest BCUT2D eigenvalue weighted by molar-refractivity contribution is 5.91. The molecule has 2 aromatic rings. The van der Waals surface area contributed by atoms with Crippen LogP contribution < -0.4 is 5.32 Å². The lowest BCUT2D eigenvalue weighted by Crippen LogP contribution is -2.29. The van der Waals surface area contributed by atoms with E-state index in [2.05, 4.69) is 16.4 Å². The Bertz CT molecular complexity index is 600. The largest absolute Gasteiger partial charge is 0.369 e. The zero-order valence-electron chi connectivity index (χ0n) is 11.5. The summed E-state index contributed by atoms with van der Waals surface area (Å²) in [6.07, 6.45) is 4.62. The van der Waals surface area contributed by atoms with Crippen LogP contribution in [0.1, 0.15) is 19.3 Å². The Hall–Kier alpha value is -2.10. The third kappa shape index (κ3) is 2.74. The summed E-state index contributed by atoms with van der Waals surface area (Å²) in [5.41, 5.74) is 0. The highest BCUT2D eigenvalue weighted by atomic mass is 16.2. The number of benzene rings is 1. The first-order chi connectivity index (χ1) is 9.84. The number of carbonyl (C=O) groups excluding carboxylic acids is 1. The van der Waals surface area contributed by atoms with Crippen molar-refractivity contribution in [2.24, 2.45) is 0 Å². The third-order valence-electron chi connectivity index (χ3n) is 3.76. The van der Waals surface area contributed by atoms with Crippen molar-refractivity contribution >= 4 is 22.5 Å². The van der Waals surface area contributed by atoms with Crippen LogP contribution in [-0.2, 0) is 4.79 Å². The zero-order chi connectivity index (χ0) is 13.8. The molecule has 0 saturated carbocycles. The molecule has 1 amide bonds. The number of likely N-dealkylation sites (tertiary alicyclic amines) is 1. The van der Waals surface area contributed by atoms with E-state index in [0.717, 1.165) is 42.5 Å². The number of carbonyl (C=O) groups is 1. The highest BCUT2D eigenvalue weighted by Gasteiger charge is 2.17. The van der Waals surface area contributed by atoms with Gasteiger partial charge in [0.05, 0.1) is 0 Å². The lowest BCUT2D eigenvalue weighted by atomic mass is 10.1. The van der Waals surface area contributed by atoms with Crippen LogP contribution in [0.2, 0.25) is 0 Å². The van der Waals surface area contributed by atoms with Gasteiger partial charge in [-0.15, -0.1) is 0 Å². The van der Waals surface area contributed by atoms with E-state index in [-0.39, 0.29) is 5.91 Å². The Kier molecular flexibility index (Phi) is 3.81. The molecule has 104 valence electrons. The van der Waals surface area contributed by atoms with Gasteiger partial charge in [0.25, 0.3) is 0 Å². The molecule has 0 bridgehead atoms. The maximum Gasteiger partial charge on any atom is 0.224 e. The number of nitrogens with one attached hydrogen (secondary N) is 1. The fraction of sp³-hybridized carbons (Fsp3) is 0.375. The minimum Gasteiger partial charge on any atom is -0.369 e. The van der Waals surface area contributed by atoms with Crippen LogP contribution in [0.25, 0.3) is 10.8 Å². The van der Waals surface area contributed by atoms with E-state index in [1.807, 2.05) is 29.2 Å². The van der Waals surface area contributed by atoms with Crippen LogP contribution in [0.3, 0.4) is 0 Å². The molecule has 2 heterocycles. The van der Waals surface area contributed by atoms with Crippen molar-refractivity contribution in [2.45, 2.75) is 19.3 Å². The number of anilines is 1. The van der Waals surface area contributed by atoms with E-state index < -0.39 is 0 Å². The molecule has 1 aromatic carbocycles. The first-order valence-electron chi connectivity index (χ1n) is 7.20. The maximum atomic E-state index is 12.0. The summed E-state index contributed by atoms with van der Waals surface area (Å²) in [6.45, 7) is 2.48. The van der Waals surface area contributed by atoms with E-state index in [1.54, 1.807) is 6.20 Å². The third-order valence-corrected chi connectivity index (χ3v) is 3.76. The van der Waals surface area contributed by atoms with Gasteiger partial charge in [-0.25, -0.2) is 4.98 Å². The van der Waals surface area contributed by atoms with Gasteiger partial charge in [-0.1, -0.05) is 24.3 Å². The fourth-order valence-electron chi connectivity index (χ4n) is 2.67. The van der Waals surface area contributed by atoms with Gasteiger partial charge in [-0.05, 0) is 24.3 Å². The van der Waals surface area contributed by atoms with Crippen molar-refractivity contribution in [1.82, 2.24) is 9.88 Å². The molecule has 0 radical (unpaired) electrons. The number of aromatic nitrogens is 1. The summed E-state index contributed by atoms with van der Waals surface area (Å²) < 4.78 is 0. The molecule has 1 aliphatic rings. The summed E-state index contributed by atoms with van der Waals surface area (Å²) >= 11 is 0. The van der Waals surface area contributed by atoms with Gasteiger partial charge in [-0.2, -0.15) is 0 Å². The Labute approximate surface area is 118 Å². The first kappa shape index (κ1) is 12.9. The Balaban J connectivity index is 1.61. The number of hydrogen-bond acceptors (Lipinski definition) is 3. The lowest BCUT2D eigenvalue weighted by Gasteiger charge is -2.15. The molecule has 0 aliphatic carbocycles. The monoisotopic (exact) mass is 269 g/mol. The van der Waals surface area contributed by atoms with E-state index in [9.17, 15) is 4.79 Å². The molecule has 20 heavy (non-hydrogen) atoms. The van der Waals surface area contributed by atoms with Crippen molar-refractivity contribution in [3.8, 4) is 0 Å². The molecule has 1 aliphatic heterocycles. The Morgan fingerprint density at radius 3 is 2.85 bits per heavy atom. The van der Waals surface area contributed by atoms with Crippen LogP contribution in [0.4, 0.5) is 5.82 Å². The summed E-state index contributed by atoms with van der Waals surface area (Å²) in [7, 11) is 0. The maximum absolute atomic E-state index is 12.0. The second-order valence-electron chi connectivity index (χ2n) is 5.15. The number of amides is 1. The molecular weight excluding hydrogens is 250 g/mol. The highest BCUT2D eigenvalue weighted by Crippen LogP contribution is 2.20. The molecule has 1 aromatic heterocycles. The molecule has 0 spiro atoms. The van der Waals surface area contributed by atoms with Crippen LogP contribution in [0.15, 0.2) is 36.5 Å². The fourth-order valence-corrected chi connectivity index (χ4v) is 2.67. The zero-order valence-corrected chi connectivity index (χ0v) is 11.5. The van der Waals surface area contributed by atoms with Gasteiger partial charge in [0, 0.05) is 37.6 Å². The van der Waals surface area contributed by atoms with Gasteiger partial charge in [0.1, 0.15) is 5.82 Å². The topological polar surface area (TPSA) is 45.2 Å². The molecule has 1 saturated heterocycles. The van der Waals surface area contributed by atoms with E-state index in [1.165, 1.54) is 0 Å². The number of fused-ring (bicyclic) bond motifs is 1. The summed E-state index contributed by atoms with van der Waals surface area (Å²) in [5, 5.41) is 5.55. The average molecular weight is 269 g/mol. The van der Waals surface area contributed by atoms with Gasteiger partial charge >= 0.3 is 0 Å². The standard InChI is InChI=1S/C16H19N3O/c20-15(19-11-3-4-12-19)8-10-18-16-14-6-2-1-5-13(14)7-9-17-16/h1-2,5-7,9H,3-4,8,10-12H2,(H,17,18). The number of nitrogens with zero attached hydrogens (tertiary/aromatic N) is 2. The minimum absolute atomic E-state index is 0.246. The molecule has 0 atom stereocenters. The van der Waals surface area contributed by atoms with E-state index >= 15 is 0 Å². The smallest absolute Gasteiger partial charge is 0.224 e. The number of hydrogen-bond donors (Lipinski definition) is 1. The molecule has 4 heteroatoms. The van der Waals surface area contributed by atoms with Gasteiger partial charge in [0.2, 0.25) is 5.91 Å². The summed E-state index contributed by atoms with van der Waals surface area (Å²) in [5.74, 6) is 1.10. The minimum atomic E-state index is 0.246. The molecule has 4 nitrogen and oxygen atoms in total. The van der Waals surface area contributed by atoms with Crippen molar-refractivity contribution in [3.63, 3.8) is 0 Å². The van der Waals surface area contributed by atoms with Crippen LogP contribution in [0, 0.1) is 0 Å². The van der Waals surface area contributed by atoms with E-state index in [4.69, 9.17) is 0 Å². The SMILES string of the molecule is O=C(CCNc1nccc2ccccc12)N1CCCC1. The van der Waals surface area contributed by atoms with Crippen molar-refractivity contribution < 1.29 is 4.79 Å². The number of rotatable bonds is 4. The average Bonchev–Trinajstić information content (AvgIpc) is 3.02. The van der Waals surface area contributed by atoms with Crippen molar-refractivity contribution in [1.29, 1.82) is 0 Å². The van der Waals surface area contributed by atoms with Crippen molar-refractivity contribution in [2.75, 3.05) is 25.0 Å². The molecular formula is C16H19N3O. The number of pyridine rings is 1. The second-order valence-corrected chi connectivity index (χ2v) is 5.15. The van der Waals surface area contributed by atoms with Gasteiger partial charge in [-0.3, -0.25) is 4.79 Å². The van der Waals surface area contributed by atoms with E-state index in [0.29, 0.717) is 13.0 Å². The first-order valence-corrected chi connectivity index (χ1v) is 7.20. The second kappa shape index (κ2) is 5.90. The predicted molar refractivity (Wildman–Crippen MR) is 80.7 cm³/mol. The van der Waals surface area contributed by atoms with Crippen LogP contribution in [-0.4, -0.2) is 35.4 Å². The molecule has 1 N–H and O–H groups in total.